The summed E-state index contributed by atoms with van der Waals surface area (Å²) in [4.78, 5) is 38.3. The van der Waals surface area contributed by atoms with Crippen LogP contribution in [0.15, 0.2) is 23.0 Å². The summed E-state index contributed by atoms with van der Waals surface area (Å²) in [5.74, 6) is -0.310. The lowest BCUT2D eigenvalue weighted by Gasteiger charge is -2.02. The van der Waals surface area contributed by atoms with Crippen molar-refractivity contribution < 1.29 is 9.72 Å². The molecule has 0 saturated carbocycles. The standard InChI is InChI=1S/C9H7N5O4/c10-9(16)13-7-8(15)12-5-2-1-4(14(17)18)3-6(5)11-7/h1-3H,(H,12,15)(H3,10,11,13,16). The number of aromatic nitrogens is 2. The number of urea groups is 1. The van der Waals surface area contributed by atoms with Crippen molar-refractivity contribution >= 4 is 28.6 Å². The van der Waals surface area contributed by atoms with Crippen LogP contribution < -0.4 is 16.6 Å². The van der Waals surface area contributed by atoms with Crippen LogP contribution in [0.3, 0.4) is 0 Å². The lowest BCUT2D eigenvalue weighted by Crippen LogP contribution is -2.25. The second kappa shape index (κ2) is 4.13. The molecule has 2 aromatic rings. The minimum atomic E-state index is -0.946. The van der Waals surface area contributed by atoms with Gasteiger partial charge in [-0.05, 0) is 6.07 Å². The van der Waals surface area contributed by atoms with Crippen LogP contribution in [0.1, 0.15) is 0 Å². The summed E-state index contributed by atoms with van der Waals surface area (Å²) in [6.45, 7) is 0. The van der Waals surface area contributed by atoms with E-state index in [4.69, 9.17) is 5.73 Å². The first kappa shape index (κ1) is 11.5. The maximum atomic E-state index is 11.5. The van der Waals surface area contributed by atoms with Crippen molar-refractivity contribution in [3.05, 3.63) is 38.7 Å². The molecule has 9 nitrogen and oxygen atoms in total. The molecule has 0 aliphatic rings. The van der Waals surface area contributed by atoms with Gasteiger partial charge in [0.15, 0.2) is 0 Å². The Morgan fingerprint density at radius 3 is 2.83 bits per heavy atom. The normalized spacial score (nSPS) is 10.2. The highest BCUT2D eigenvalue weighted by Crippen LogP contribution is 2.17. The molecule has 1 aromatic heterocycles. The largest absolute Gasteiger partial charge is 0.351 e. The van der Waals surface area contributed by atoms with E-state index in [0.29, 0.717) is 5.52 Å². The quantitative estimate of drug-likeness (QED) is 0.518. The van der Waals surface area contributed by atoms with Gasteiger partial charge in [0.1, 0.15) is 0 Å². The van der Waals surface area contributed by atoms with Gasteiger partial charge in [0, 0.05) is 12.1 Å². The number of anilines is 1. The maximum absolute atomic E-state index is 11.5. The highest BCUT2D eigenvalue weighted by Gasteiger charge is 2.10. The number of nitrogens with one attached hydrogen (secondary N) is 2. The van der Waals surface area contributed by atoms with Crippen LogP contribution in [0.5, 0.6) is 0 Å². The molecule has 0 bridgehead atoms. The topological polar surface area (TPSA) is 144 Å². The molecule has 18 heavy (non-hydrogen) atoms. The van der Waals surface area contributed by atoms with Crippen LogP contribution in [0.4, 0.5) is 16.3 Å². The number of fused-ring (bicyclic) bond motifs is 1. The molecule has 1 aromatic carbocycles. The fourth-order valence-corrected chi connectivity index (χ4v) is 1.39. The number of nitrogens with zero attached hydrogens (tertiary/aromatic N) is 2. The molecule has 0 unspecified atom stereocenters. The smallest absolute Gasteiger partial charge is 0.317 e. The van der Waals surface area contributed by atoms with E-state index in [-0.39, 0.29) is 17.0 Å². The van der Waals surface area contributed by atoms with E-state index in [1.807, 2.05) is 5.32 Å². The minimum Gasteiger partial charge on any atom is -0.351 e. The average molecular weight is 249 g/mol. The van der Waals surface area contributed by atoms with E-state index < -0.39 is 16.5 Å². The van der Waals surface area contributed by atoms with Gasteiger partial charge in [-0.15, -0.1) is 0 Å². The summed E-state index contributed by atoms with van der Waals surface area (Å²) >= 11 is 0. The molecule has 2 rings (SSSR count). The first-order chi connectivity index (χ1) is 8.47. The Labute approximate surface area is 98.8 Å². The van der Waals surface area contributed by atoms with Crippen LogP contribution in [0, 0.1) is 10.1 Å². The van der Waals surface area contributed by atoms with Gasteiger partial charge < -0.3 is 10.7 Å². The fourth-order valence-electron chi connectivity index (χ4n) is 1.39. The number of nitrogens with two attached hydrogens (primary N) is 1. The number of nitro benzene ring substituents is 1. The number of rotatable bonds is 2. The number of carbonyl (C=O) groups is 1. The third-order valence-electron chi connectivity index (χ3n) is 2.13. The summed E-state index contributed by atoms with van der Waals surface area (Å²) in [6, 6.07) is 2.83. The van der Waals surface area contributed by atoms with Crippen LogP contribution in [0.2, 0.25) is 0 Å². The Morgan fingerprint density at radius 1 is 1.50 bits per heavy atom. The number of benzene rings is 1. The highest BCUT2D eigenvalue weighted by molar-refractivity contribution is 5.88. The number of carbonyl (C=O) groups excluding carboxylic acids is 1. The van der Waals surface area contributed by atoms with Crippen molar-refractivity contribution in [2.45, 2.75) is 0 Å². The van der Waals surface area contributed by atoms with Gasteiger partial charge in [-0.2, -0.15) is 0 Å². The van der Waals surface area contributed by atoms with Crippen molar-refractivity contribution in [1.29, 1.82) is 0 Å². The van der Waals surface area contributed by atoms with Gasteiger partial charge >= 0.3 is 6.03 Å². The van der Waals surface area contributed by atoms with E-state index in [9.17, 15) is 19.7 Å². The summed E-state index contributed by atoms with van der Waals surface area (Å²) in [5.41, 5.74) is 4.54. The van der Waals surface area contributed by atoms with Crippen molar-refractivity contribution in [3.8, 4) is 0 Å². The molecule has 0 aliphatic heterocycles. The molecule has 0 atom stereocenters. The molecule has 0 radical (unpaired) electrons. The van der Waals surface area contributed by atoms with E-state index in [0.717, 1.165) is 0 Å². The molecule has 4 N–H and O–H groups in total. The number of hydrogen-bond donors (Lipinski definition) is 3. The predicted molar refractivity (Wildman–Crippen MR) is 62.2 cm³/mol. The first-order valence-electron chi connectivity index (χ1n) is 4.72. The maximum Gasteiger partial charge on any atom is 0.317 e. The zero-order valence-electron chi connectivity index (χ0n) is 8.84. The molecule has 0 spiro atoms. The Morgan fingerprint density at radius 2 is 2.22 bits per heavy atom. The van der Waals surface area contributed by atoms with E-state index in [1.54, 1.807) is 0 Å². The highest BCUT2D eigenvalue weighted by atomic mass is 16.6. The molecule has 0 saturated heterocycles. The van der Waals surface area contributed by atoms with Crippen LogP contribution in [-0.2, 0) is 0 Å². The third-order valence-corrected chi connectivity index (χ3v) is 2.13. The lowest BCUT2D eigenvalue weighted by atomic mass is 10.2. The number of primary amides is 1. The molecule has 1 heterocycles. The number of non-ortho nitro benzene ring substituents is 1. The van der Waals surface area contributed by atoms with Crippen molar-refractivity contribution in [2.75, 3.05) is 5.32 Å². The number of amides is 2. The summed E-state index contributed by atoms with van der Waals surface area (Å²) in [5, 5.41) is 12.6. The van der Waals surface area contributed by atoms with Crippen LogP contribution in [-0.4, -0.2) is 20.9 Å². The number of hydrogen-bond acceptors (Lipinski definition) is 5. The molecular formula is C9H7N5O4. The van der Waals surface area contributed by atoms with Crippen LogP contribution >= 0.6 is 0 Å². The monoisotopic (exact) mass is 249 g/mol. The summed E-state index contributed by atoms with van der Waals surface area (Å²) < 4.78 is 0. The molecule has 92 valence electrons. The van der Waals surface area contributed by atoms with E-state index in [2.05, 4.69) is 9.97 Å². The molecule has 9 heteroatoms. The first-order valence-corrected chi connectivity index (χ1v) is 4.72. The summed E-state index contributed by atoms with van der Waals surface area (Å²) in [6.07, 6.45) is 0. The van der Waals surface area contributed by atoms with Gasteiger partial charge in [0.2, 0.25) is 5.82 Å². The SMILES string of the molecule is NC(=O)Nc1nc2cc([N+](=O)[O-])ccc2[nH]c1=O. The van der Waals surface area contributed by atoms with Crippen molar-refractivity contribution in [1.82, 2.24) is 9.97 Å². The number of nitro groups is 1. The Kier molecular flexibility index (Phi) is 2.64. The average Bonchev–Trinajstić information content (AvgIpc) is 2.28. The molecule has 2 amide bonds. The Hall–Kier alpha value is -2.97. The number of aromatic amines is 1. The summed E-state index contributed by atoms with van der Waals surface area (Å²) in [7, 11) is 0. The molecule has 0 fully saturated rings. The fraction of sp³-hybridized carbons (Fsp3) is 0. The van der Waals surface area contributed by atoms with E-state index >= 15 is 0 Å². The third kappa shape index (κ3) is 2.09. The van der Waals surface area contributed by atoms with Gasteiger partial charge in [-0.25, -0.2) is 9.78 Å². The van der Waals surface area contributed by atoms with Gasteiger partial charge in [-0.3, -0.25) is 20.2 Å². The zero-order valence-corrected chi connectivity index (χ0v) is 8.84. The minimum absolute atomic E-state index is 0.174. The van der Waals surface area contributed by atoms with Crippen molar-refractivity contribution in [2.24, 2.45) is 5.73 Å². The second-order valence-electron chi connectivity index (χ2n) is 3.36. The predicted octanol–water partition coefficient (Wildman–Crippen LogP) is 0.322. The lowest BCUT2D eigenvalue weighted by molar-refractivity contribution is -0.384. The number of H-pyrrole nitrogens is 1. The van der Waals surface area contributed by atoms with E-state index in [1.165, 1.54) is 18.2 Å². The van der Waals surface area contributed by atoms with Gasteiger partial charge in [-0.1, -0.05) is 0 Å². The van der Waals surface area contributed by atoms with Gasteiger partial charge in [0.25, 0.3) is 11.2 Å². The second-order valence-corrected chi connectivity index (χ2v) is 3.36. The van der Waals surface area contributed by atoms with Crippen molar-refractivity contribution in [3.63, 3.8) is 0 Å². The Balaban J connectivity index is 2.63. The molecule has 0 aliphatic carbocycles. The molecular weight excluding hydrogens is 242 g/mol. The van der Waals surface area contributed by atoms with Crippen LogP contribution in [0.25, 0.3) is 11.0 Å². The Bertz CT molecular complexity index is 708. The van der Waals surface area contributed by atoms with Gasteiger partial charge in [0.05, 0.1) is 16.0 Å². The zero-order chi connectivity index (χ0) is 13.3.